The zero-order valence-electron chi connectivity index (χ0n) is 13.1. The molecule has 1 aliphatic heterocycles. The second-order valence-corrected chi connectivity index (χ2v) is 8.68. The fourth-order valence-corrected chi connectivity index (χ4v) is 4.54. The summed E-state index contributed by atoms with van der Waals surface area (Å²) in [5, 5.41) is 4.20. The Morgan fingerprint density at radius 2 is 1.90 bits per heavy atom. The van der Waals surface area contributed by atoms with Crippen LogP contribution in [0.5, 0.6) is 0 Å². The average Bonchev–Trinajstić information content (AvgIpc) is 2.82. The lowest BCUT2D eigenvalue weighted by molar-refractivity contribution is 0.388. The lowest BCUT2D eigenvalue weighted by atomic mass is 10.1. The summed E-state index contributed by atoms with van der Waals surface area (Å²) >= 11 is 1.71. The number of nitrogens with one attached hydrogen (secondary N) is 1. The molecule has 0 radical (unpaired) electrons. The van der Waals surface area contributed by atoms with Crippen molar-refractivity contribution in [3.8, 4) is 0 Å². The van der Waals surface area contributed by atoms with E-state index in [2.05, 4.69) is 24.1 Å². The van der Waals surface area contributed by atoms with Crippen LogP contribution in [0.1, 0.15) is 30.3 Å². The first-order chi connectivity index (χ1) is 9.82. The second-order valence-electron chi connectivity index (χ2n) is 5.64. The standard InChI is InChI=1S/C13H24N4O2S2/c1-10(2)12-11(9-14-3)20-13(15-12)16-5-7-17(8-6-16)21(4,18)19/h10,14H,5-9H2,1-4H3. The van der Waals surface area contributed by atoms with Gasteiger partial charge in [-0.05, 0) is 13.0 Å². The van der Waals surface area contributed by atoms with Gasteiger partial charge in [-0.25, -0.2) is 13.4 Å². The summed E-state index contributed by atoms with van der Waals surface area (Å²) < 4.78 is 24.6. The predicted molar refractivity (Wildman–Crippen MR) is 87.6 cm³/mol. The largest absolute Gasteiger partial charge is 0.345 e. The number of anilines is 1. The molecule has 0 bridgehead atoms. The molecule has 2 rings (SSSR count). The summed E-state index contributed by atoms with van der Waals surface area (Å²) in [5.41, 5.74) is 1.15. The van der Waals surface area contributed by atoms with E-state index in [9.17, 15) is 8.42 Å². The fraction of sp³-hybridized carbons (Fsp3) is 0.769. The van der Waals surface area contributed by atoms with Gasteiger partial charge in [0.15, 0.2) is 5.13 Å². The molecule has 2 heterocycles. The van der Waals surface area contributed by atoms with Gasteiger partial charge in [-0.2, -0.15) is 4.31 Å². The lowest BCUT2D eigenvalue weighted by Gasteiger charge is -2.33. The van der Waals surface area contributed by atoms with Gasteiger partial charge in [-0.3, -0.25) is 0 Å². The summed E-state index contributed by atoms with van der Waals surface area (Å²) in [6.07, 6.45) is 1.27. The van der Waals surface area contributed by atoms with E-state index < -0.39 is 10.0 Å². The molecular weight excluding hydrogens is 308 g/mol. The zero-order valence-corrected chi connectivity index (χ0v) is 14.7. The zero-order chi connectivity index (χ0) is 15.6. The van der Waals surface area contributed by atoms with E-state index in [-0.39, 0.29) is 0 Å². The molecule has 1 aromatic heterocycles. The maximum atomic E-state index is 11.5. The monoisotopic (exact) mass is 332 g/mol. The van der Waals surface area contributed by atoms with E-state index in [1.807, 2.05) is 7.05 Å². The van der Waals surface area contributed by atoms with Crippen LogP contribution in [0.15, 0.2) is 0 Å². The molecule has 120 valence electrons. The van der Waals surface area contributed by atoms with Crippen LogP contribution in [0.25, 0.3) is 0 Å². The van der Waals surface area contributed by atoms with Crippen LogP contribution < -0.4 is 10.2 Å². The van der Waals surface area contributed by atoms with Gasteiger partial charge in [0.1, 0.15) is 0 Å². The van der Waals surface area contributed by atoms with Crippen molar-refractivity contribution >= 4 is 26.5 Å². The molecule has 8 heteroatoms. The van der Waals surface area contributed by atoms with E-state index in [1.54, 1.807) is 11.3 Å². The van der Waals surface area contributed by atoms with Crippen molar-refractivity contribution in [3.63, 3.8) is 0 Å². The molecule has 0 amide bonds. The Kier molecular flexibility index (Phi) is 5.24. The van der Waals surface area contributed by atoms with Gasteiger partial charge in [0.05, 0.1) is 11.9 Å². The Labute approximate surface area is 131 Å². The number of hydrogen-bond donors (Lipinski definition) is 1. The third kappa shape index (κ3) is 3.94. The molecule has 0 aliphatic carbocycles. The quantitative estimate of drug-likeness (QED) is 0.874. The van der Waals surface area contributed by atoms with Crippen molar-refractivity contribution in [2.45, 2.75) is 26.3 Å². The molecule has 0 atom stereocenters. The van der Waals surface area contributed by atoms with E-state index in [0.29, 0.717) is 32.1 Å². The summed E-state index contributed by atoms with van der Waals surface area (Å²) in [6.45, 7) is 7.62. The topological polar surface area (TPSA) is 65.5 Å². The van der Waals surface area contributed by atoms with E-state index in [1.165, 1.54) is 15.4 Å². The van der Waals surface area contributed by atoms with Crippen molar-refractivity contribution in [1.82, 2.24) is 14.6 Å². The van der Waals surface area contributed by atoms with Crippen molar-refractivity contribution in [3.05, 3.63) is 10.6 Å². The SMILES string of the molecule is CNCc1sc(N2CCN(S(C)(=O)=O)CC2)nc1C(C)C. The minimum Gasteiger partial charge on any atom is -0.345 e. The van der Waals surface area contributed by atoms with Gasteiger partial charge >= 0.3 is 0 Å². The van der Waals surface area contributed by atoms with Crippen LogP contribution in [0, 0.1) is 0 Å². The Morgan fingerprint density at radius 3 is 2.38 bits per heavy atom. The van der Waals surface area contributed by atoms with Crippen molar-refractivity contribution < 1.29 is 8.42 Å². The number of thiazole rings is 1. The smallest absolute Gasteiger partial charge is 0.211 e. The predicted octanol–water partition coefficient (Wildman–Crippen LogP) is 1.07. The van der Waals surface area contributed by atoms with Crippen LogP contribution in [0.4, 0.5) is 5.13 Å². The van der Waals surface area contributed by atoms with Crippen LogP contribution >= 0.6 is 11.3 Å². The molecule has 0 aromatic carbocycles. The summed E-state index contributed by atoms with van der Waals surface area (Å²) in [7, 11) is -1.14. The number of aromatic nitrogens is 1. The lowest BCUT2D eigenvalue weighted by Crippen LogP contribution is -2.48. The second kappa shape index (κ2) is 6.60. The van der Waals surface area contributed by atoms with Crippen LogP contribution in [0.3, 0.4) is 0 Å². The van der Waals surface area contributed by atoms with Crippen molar-refractivity contribution in [2.75, 3.05) is 44.4 Å². The minimum atomic E-state index is -3.08. The first-order valence-electron chi connectivity index (χ1n) is 7.17. The number of piperazine rings is 1. The summed E-state index contributed by atoms with van der Waals surface area (Å²) in [6, 6.07) is 0. The maximum absolute atomic E-state index is 11.5. The maximum Gasteiger partial charge on any atom is 0.211 e. The molecule has 1 fully saturated rings. The van der Waals surface area contributed by atoms with Gasteiger partial charge in [0, 0.05) is 37.6 Å². The molecule has 1 saturated heterocycles. The third-order valence-corrected chi connectivity index (χ3v) is 6.01. The van der Waals surface area contributed by atoms with E-state index >= 15 is 0 Å². The molecule has 1 N–H and O–H groups in total. The van der Waals surface area contributed by atoms with Gasteiger partial charge in [0.2, 0.25) is 10.0 Å². The van der Waals surface area contributed by atoms with Crippen molar-refractivity contribution in [2.24, 2.45) is 0 Å². The molecule has 1 aliphatic rings. The Balaban J connectivity index is 2.12. The van der Waals surface area contributed by atoms with E-state index in [4.69, 9.17) is 4.98 Å². The Morgan fingerprint density at radius 1 is 1.29 bits per heavy atom. The molecule has 0 unspecified atom stereocenters. The van der Waals surface area contributed by atoms with Crippen LogP contribution in [-0.2, 0) is 16.6 Å². The Hall–Kier alpha value is -0.700. The van der Waals surface area contributed by atoms with Crippen molar-refractivity contribution in [1.29, 1.82) is 0 Å². The van der Waals surface area contributed by atoms with Crippen LogP contribution in [-0.4, -0.2) is 57.2 Å². The number of sulfonamides is 1. The minimum absolute atomic E-state index is 0.399. The van der Waals surface area contributed by atoms with Gasteiger partial charge in [-0.15, -0.1) is 11.3 Å². The molecule has 21 heavy (non-hydrogen) atoms. The highest BCUT2D eigenvalue weighted by atomic mass is 32.2. The van der Waals surface area contributed by atoms with Gasteiger partial charge in [0.25, 0.3) is 0 Å². The van der Waals surface area contributed by atoms with Gasteiger partial charge < -0.3 is 10.2 Å². The third-order valence-electron chi connectivity index (χ3n) is 3.58. The summed E-state index contributed by atoms with van der Waals surface area (Å²) in [5.74, 6) is 0.399. The highest BCUT2D eigenvalue weighted by Crippen LogP contribution is 2.31. The first kappa shape index (κ1) is 16.7. The average molecular weight is 332 g/mol. The molecule has 6 nitrogen and oxygen atoms in total. The van der Waals surface area contributed by atoms with E-state index in [0.717, 1.165) is 17.4 Å². The molecule has 0 saturated carbocycles. The van der Waals surface area contributed by atoms with Gasteiger partial charge in [-0.1, -0.05) is 13.8 Å². The first-order valence-corrected chi connectivity index (χ1v) is 9.83. The molecule has 1 aromatic rings. The fourth-order valence-electron chi connectivity index (χ4n) is 2.44. The molecule has 0 spiro atoms. The summed E-state index contributed by atoms with van der Waals surface area (Å²) in [4.78, 5) is 8.24. The number of nitrogens with zero attached hydrogens (tertiary/aromatic N) is 3. The number of rotatable bonds is 5. The normalized spacial score (nSPS) is 17.7. The number of hydrogen-bond acceptors (Lipinski definition) is 6. The highest BCUT2D eigenvalue weighted by Gasteiger charge is 2.26. The highest BCUT2D eigenvalue weighted by molar-refractivity contribution is 7.88. The molecular formula is C13H24N4O2S2. The Bertz CT molecular complexity index is 575. The van der Waals surface area contributed by atoms with Crippen LogP contribution in [0.2, 0.25) is 0 Å².